The van der Waals surface area contributed by atoms with Gasteiger partial charge in [-0.25, -0.2) is 0 Å². The van der Waals surface area contributed by atoms with Gasteiger partial charge in [-0.1, -0.05) is 5.16 Å². The summed E-state index contributed by atoms with van der Waals surface area (Å²) >= 11 is 0. The van der Waals surface area contributed by atoms with Gasteiger partial charge in [0.15, 0.2) is 0 Å². The molecule has 1 atom stereocenters. The zero-order valence-electron chi connectivity index (χ0n) is 8.47. The van der Waals surface area contributed by atoms with Crippen LogP contribution in [0.2, 0.25) is 0 Å². The molecule has 0 spiro atoms. The molecule has 0 aromatic carbocycles. The summed E-state index contributed by atoms with van der Waals surface area (Å²) in [5.41, 5.74) is 5.25. The van der Waals surface area contributed by atoms with Crippen molar-refractivity contribution in [1.29, 1.82) is 0 Å². The quantitative estimate of drug-likeness (QED) is 0.207. The Hall–Kier alpha value is -0.860. The van der Waals surface area contributed by atoms with Gasteiger partial charge in [0.25, 0.3) is 10.2 Å². The Morgan fingerprint density at radius 3 is 2.73 bits per heavy atom. The van der Waals surface area contributed by atoms with Gasteiger partial charge in [-0.2, -0.15) is 17.9 Å². The second kappa shape index (κ2) is 4.77. The second-order valence-electron chi connectivity index (χ2n) is 3.71. The zero-order chi connectivity index (χ0) is 11.5. The number of oxime groups is 1. The van der Waals surface area contributed by atoms with Crippen LogP contribution in [-0.4, -0.2) is 31.5 Å². The number of nitrogens with zero attached hydrogens (tertiary/aromatic N) is 1. The molecule has 1 aliphatic carbocycles. The van der Waals surface area contributed by atoms with Crippen molar-refractivity contribution in [3.05, 3.63) is 0 Å². The minimum atomic E-state index is -3.46. The molecule has 1 unspecified atom stereocenters. The van der Waals surface area contributed by atoms with Crippen LogP contribution in [0.25, 0.3) is 0 Å². The van der Waals surface area contributed by atoms with Gasteiger partial charge in [0, 0.05) is 18.5 Å². The maximum absolute atomic E-state index is 11.4. The Morgan fingerprint density at radius 1 is 1.67 bits per heavy atom. The topological polar surface area (TPSA) is 117 Å². The molecule has 0 radical (unpaired) electrons. The molecule has 15 heavy (non-hydrogen) atoms. The summed E-state index contributed by atoms with van der Waals surface area (Å²) in [5, 5.41) is 11.1. The average molecular weight is 236 g/mol. The Kier molecular flexibility index (Phi) is 3.89. The van der Waals surface area contributed by atoms with Crippen molar-refractivity contribution in [1.82, 2.24) is 9.44 Å². The first-order chi connectivity index (χ1) is 6.93. The van der Waals surface area contributed by atoms with Gasteiger partial charge in [0.1, 0.15) is 5.84 Å². The molecule has 0 aromatic heterocycles. The monoisotopic (exact) mass is 236 g/mol. The lowest BCUT2D eigenvalue weighted by Gasteiger charge is -2.13. The van der Waals surface area contributed by atoms with E-state index in [1.54, 1.807) is 6.92 Å². The fraction of sp³-hybridized carbons (Fsp3) is 0.857. The van der Waals surface area contributed by atoms with Crippen molar-refractivity contribution in [3.63, 3.8) is 0 Å². The molecule has 0 amide bonds. The predicted octanol–water partition coefficient (Wildman–Crippen LogP) is -0.902. The highest BCUT2D eigenvalue weighted by molar-refractivity contribution is 7.87. The number of rotatable bonds is 6. The molecule has 0 heterocycles. The van der Waals surface area contributed by atoms with Crippen molar-refractivity contribution >= 4 is 16.0 Å². The lowest BCUT2D eigenvalue weighted by molar-refractivity contribution is 0.316. The lowest BCUT2D eigenvalue weighted by Crippen LogP contribution is -2.43. The molecule has 1 aliphatic rings. The molecular formula is C7H16N4O3S. The highest BCUT2D eigenvalue weighted by Crippen LogP contribution is 2.19. The van der Waals surface area contributed by atoms with Crippen molar-refractivity contribution < 1.29 is 13.6 Å². The van der Waals surface area contributed by atoms with Gasteiger partial charge < -0.3 is 10.9 Å². The molecule has 0 aromatic rings. The van der Waals surface area contributed by atoms with E-state index in [-0.39, 0.29) is 18.3 Å². The van der Waals surface area contributed by atoms with E-state index in [2.05, 4.69) is 14.6 Å². The van der Waals surface area contributed by atoms with Crippen LogP contribution < -0.4 is 15.2 Å². The molecule has 0 bridgehead atoms. The van der Waals surface area contributed by atoms with Gasteiger partial charge in [0.2, 0.25) is 0 Å². The van der Waals surface area contributed by atoms with E-state index in [4.69, 9.17) is 10.9 Å². The molecule has 7 nitrogen and oxygen atoms in total. The molecular weight excluding hydrogens is 220 g/mol. The molecule has 8 heteroatoms. The van der Waals surface area contributed by atoms with E-state index in [0.29, 0.717) is 0 Å². The third-order valence-corrected chi connectivity index (χ3v) is 3.26. The first-order valence-corrected chi connectivity index (χ1v) is 6.17. The van der Waals surface area contributed by atoms with E-state index in [1.165, 1.54) is 0 Å². The van der Waals surface area contributed by atoms with Crippen LogP contribution in [0.1, 0.15) is 26.2 Å². The Balaban J connectivity index is 2.38. The van der Waals surface area contributed by atoms with Crippen LogP contribution in [0.15, 0.2) is 5.16 Å². The van der Waals surface area contributed by atoms with Crippen LogP contribution in [0.4, 0.5) is 0 Å². The van der Waals surface area contributed by atoms with E-state index < -0.39 is 16.3 Å². The molecule has 88 valence electrons. The molecule has 1 rings (SSSR count). The smallest absolute Gasteiger partial charge is 0.277 e. The maximum Gasteiger partial charge on any atom is 0.277 e. The second-order valence-corrected chi connectivity index (χ2v) is 5.19. The fourth-order valence-electron chi connectivity index (χ4n) is 1.12. The summed E-state index contributed by atoms with van der Waals surface area (Å²) in [6.45, 7) is 1.64. The number of nitrogens with two attached hydrogens (primary N) is 1. The van der Waals surface area contributed by atoms with Gasteiger partial charge in [-0.05, 0) is 19.8 Å². The number of amidine groups is 1. The average Bonchev–Trinajstić information content (AvgIpc) is 2.85. The largest absolute Gasteiger partial charge is 0.409 e. The van der Waals surface area contributed by atoms with E-state index >= 15 is 0 Å². The minimum absolute atomic E-state index is 0.00313. The fourth-order valence-corrected chi connectivity index (χ4v) is 2.47. The predicted molar refractivity (Wildman–Crippen MR) is 55.7 cm³/mol. The van der Waals surface area contributed by atoms with E-state index in [1.807, 2.05) is 0 Å². The standard InChI is InChI=1S/C7H16N4O3S/c1-5(4-7(8)9-12)10-15(13,14)11-6-2-3-6/h5-6,10-12H,2-4H2,1H3,(H2,8,9). The molecule has 5 N–H and O–H groups in total. The SMILES string of the molecule is CC(CC(N)=NO)NS(=O)(=O)NC1CC1. The van der Waals surface area contributed by atoms with E-state index in [0.717, 1.165) is 12.8 Å². The highest BCUT2D eigenvalue weighted by atomic mass is 32.2. The summed E-state index contributed by atoms with van der Waals surface area (Å²) in [4.78, 5) is 0. The first-order valence-electron chi connectivity index (χ1n) is 4.69. The Bertz CT molecular complexity index is 336. The molecule has 0 saturated heterocycles. The summed E-state index contributed by atoms with van der Waals surface area (Å²) < 4.78 is 27.6. The normalized spacial score (nSPS) is 20.2. The van der Waals surface area contributed by atoms with Gasteiger partial charge >= 0.3 is 0 Å². The van der Waals surface area contributed by atoms with Gasteiger partial charge in [-0.15, -0.1) is 0 Å². The van der Waals surface area contributed by atoms with Crippen LogP contribution in [-0.2, 0) is 10.2 Å². The van der Waals surface area contributed by atoms with Crippen LogP contribution in [0.5, 0.6) is 0 Å². The molecule has 0 aliphatic heterocycles. The zero-order valence-corrected chi connectivity index (χ0v) is 9.29. The summed E-state index contributed by atoms with van der Waals surface area (Å²) in [6, 6.07) is -0.337. The van der Waals surface area contributed by atoms with Crippen LogP contribution in [0, 0.1) is 0 Å². The minimum Gasteiger partial charge on any atom is -0.409 e. The molecule has 1 saturated carbocycles. The van der Waals surface area contributed by atoms with Gasteiger partial charge in [0.05, 0.1) is 0 Å². The van der Waals surface area contributed by atoms with Crippen LogP contribution in [0.3, 0.4) is 0 Å². The number of nitrogens with one attached hydrogen (secondary N) is 2. The molecule has 1 fully saturated rings. The van der Waals surface area contributed by atoms with Crippen molar-refractivity contribution in [2.45, 2.75) is 38.3 Å². The van der Waals surface area contributed by atoms with Crippen LogP contribution >= 0.6 is 0 Å². The summed E-state index contributed by atoms with van der Waals surface area (Å²) in [7, 11) is -3.46. The third-order valence-electron chi connectivity index (χ3n) is 1.90. The summed E-state index contributed by atoms with van der Waals surface area (Å²) in [5.74, 6) is -0.00313. The Morgan fingerprint density at radius 2 is 2.27 bits per heavy atom. The lowest BCUT2D eigenvalue weighted by atomic mass is 10.2. The van der Waals surface area contributed by atoms with Crippen molar-refractivity contribution in [3.8, 4) is 0 Å². The van der Waals surface area contributed by atoms with E-state index in [9.17, 15) is 8.42 Å². The first kappa shape index (κ1) is 12.2. The third kappa shape index (κ3) is 4.96. The highest BCUT2D eigenvalue weighted by Gasteiger charge is 2.27. The summed E-state index contributed by atoms with van der Waals surface area (Å²) in [6.07, 6.45) is 1.94. The number of hydrogen-bond acceptors (Lipinski definition) is 4. The Labute approximate surface area is 88.9 Å². The number of hydrogen-bond donors (Lipinski definition) is 4. The van der Waals surface area contributed by atoms with Crippen molar-refractivity contribution in [2.75, 3.05) is 0 Å². The van der Waals surface area contributed by atoms with Crippen molar-refractivity contribution in [2.24, 2.45) is 10.9 Å². The van der Waals surface area contributed by atoms with Gasteiger partial charge in [-0.3, -0.25) is 0 Å². The maximum atomic E-state index is 11.4.